The standard InChI is InChI=1S/C14H15N3S/c1-15-8-14-12(9-17-7-6-16-10-17)11-4-2-3-5-13(11)18-14/h2-7,10,15H,8-9H2,1H3. The van der Waals surface area contributed by atoms with Gasteiger partial charge in [0.2, 0.25) is 0 Å². The Balaban J connectivity index is 2.09. The van der Waals surface area contributed by atoms with Gasteiger partial charge in [-0.1, -0.05) is 18.2 Å². The molecule has 0 aliphatic carbocycles. The molecule has 1 N–H and O–H groups in total. The van der Waals surface area contributed by atoms with Crippen molar-refractivity contribution in [1.82, 2.24) is 14.9 Å². The number of rotatable bonds is 4. The lowest BCUT2D eigenvalue weighted by atomic mass is 10.1. The Morgan fingerprint density at radius 3 is 3.00 bits per heavy atom. The number of imidazole rings is 1. The van der Waals surface area contributed by atoms with Crippen LogP contribution in [0.3, 0.4) is 0 Å². The van der Waals surface area contributed by atoms with Crippen molar-refractivity contribution in [3.05, 3.63) is 53.4 Å². The second kappa shape index (κ2) is 4.92. The van der Waals surface area contributed by atoms with E-state index in [1.54, 1.807) is 0 Å². The summed E-state index contributed by atoms with van der Waals surface area (Å²) in [6, 6.07) is 8.60. The Labute approximate surface area is 110 Å². The van der Waals surface area contributed by atoms with E-state index < -0.39 is 0 Å². The van der Waals surface area contributed by atoms with Gasteiger partial charge >= 0.3 is 0 Å². The average Bonchev–Trinajstić information content (AvgIpc) is 3.00. The van der Waals surface area contributed by atoms with Crippen molar-refractivity contribution in [2.24, 2.45) is 0 Å². The minimum Gasteiger partial charge on any atom is -0.333 e. The van der Waals surface area contributed by atoms with Crippen LogP contribution in [0.5, 0.6) is 0 Å². The van der Waals surface area contributed by atoms with Crippen molar-refractivity contribution in [2.75, 3.05) is 7.05 Å². The van der Waals surface area contributed by atoms with E-state index in [2.05, 4.69) is 39.1 Å². The van der Waals surface area contributed by atoms with Crippen LogP contribution >= 0.6 is 11.3 Å². The van der Waals surface area contributed by atoms with Gasteiger partial charge < -0.3 is 9.88 Å². The molecule has 0 aliphatic heterocycles. The second-order valence-electron chi connectivity index (χ2n) is 4.27. The summed E-state index contributed by atoms with van der Waals surface area (Å²) in [5.74, 6) is 0. The van der Waals surface area contributed by atoms with Crippen LogP contribution in [0.15, 0.2) is 43.0 Å². The minimum atomic E-state index is 0.890. The molecule has 3 aromatic rings. The van der Waals surface area contributed by atoms with Gasteiger partial charge in [0.1, 0.15) is 0 Å². The lowest BCUT2D eigenvalue weighted by Crippen LogP contribution is -2.07. The Morgan fingerprint density at radius 1 is 1.33 bits per heavy atom. The molecule has 0 spiro atoms. The summed E-state index contributed by atoms with van der Waals surface area (Å²) < 4.78 is 3.48. The van der Waals surface area contributed by atoms with Gasteiger partial charge in [0.05, 0.1) is 12.9 Å². The first kappa shape index (κ1) is 11.4. The highest BCUT2D eigenvalue weighted by Gasteiger charge is 2.11. The largest absolute Gasteiger partial charge is 0.333 e. The molecule has 92 valence electrons. The van der Waals surface area contributed by atoms with Gasteiger partial charge in [-0.25, -0.2) is 4.98 Å². The van der Waals surface area contributed by atoms with Gasteiger partial charge in [-0.15, -0.1) is 11.3 Å². The van der Waals surface area contributed by atoms with Gasteiger partial charge in [0, 0.05) is 28.5 Å². The molecule has 0 radical (unpaired) electrons. The Kier molecular flexibility index (Phi) is 3.13. The molecule has 3 rings (SSSR count). The molecule has 3 nitrogen and oxygen atoms in total. The van der Waals surface area contributed by atoms with Gasteiger partial charge in [-0.3, -0.25) is 0 Å². The first-order chi connectivity index (χ1) is 8.88. The zero-order valence-corrected chi connectivity index (χ0v) is 11.1. The smallest absolute Gasteiger partial charge is 0.0949 e. The Bertz CT molecular complexity index is 640. The highest BCUT2D eigenvalue weighted by atomic mass is 32.1. The van der Waals surface area contributed by atoms with Crippen molar-refractivity contribution >= 4 is 21.4 Å². The fraction of sp³-hybridized carbons (Fsp3) is 0.214. The van der Waals surface area contributed by atoms with Gasteiger partial charge in [-0.2, -0.15) is 0 Å². The lowest BCUT2D eigenvalue weighted by Gasteiger charge is -2.05. The summed E-state index contributed by atoms with van der Waals surface area (Å²) in [4.78, 5) is 5.52. The van der Waals surface area contributed by atoms with E-state index in [0.717, 1.165) is 13.1 Å². The van der Waals surface area contributed by atoms with Crippen molar-refractivity contribution < 1.29 is 0 Å². The third kappa shape index (κ3) is 2.05. The van der Waals surface area contributed by atoms with E-state index in [1.165, 1.54) is 20.5 Å². The van der Waals surface area contributed by atoms with E-state index in [0.29, 0.717) is 0 Å². The third-order valence-electron chi connectivity index (χ3n) is 3.02. The number of fused-ring (bicyclic) bond motifs is 1. The average molecular weight is 257 g/mol. The first-order valence-corrected chi connectivity index (χ1v) is 6.80. The molecule has 0 fully saturated rings. The number of aromatic nitrogens is 2. The molecule has 1 aromatic carbocycles. The monoisotopic (exact) mass is 257 g/mol. The van der Waals surface area contributed by atoms with Crippen LogP contribution in [0.1, 0.15) is 10.4 Å². The molecular formula is C14H15N3S. The summed E-state index contributed by atoms with van der Waals surface area (Å²) in [6.45, 7) is 1.81. The molecule has 0 saturated carbocycles. The van der Waals surface area contributed by atoms with Crippen LogP contribution in [0.25, 0.3) is 10.1 Å². The SMILES string of the molecule is CNCc1sc2ccccc2c1Cn1ccnc1. The molecular weight excluding hydrogens is 242 g/mol. The van der Waals surface area contributed by atoms with Crippen LogP contribution in [-0.4, -0.2) is 16.6 Å². The van der Waals surface area contributed by atoms with E-state index in [4.69, 9.17) is 0 Å². The quantitative estimate of drug-likeness (QED) is 0.779. The van der Waals surface area contributed by atoms with Crippen molar-refractivity contribution in [3.63, 3.8) is 0 Å². The molecule has 0 aliphatic rings. The van der Waals surface area contributed by atoms with E-state index >= 15 is 0 Å². The van der Waals surface area contributed by atoms with Crippen LogP contribution in [-0.2, 0) is 13.1 Å². The highest BCUT2D eigenvalue weighted by molar-refractivity contribution is 7.19. The van der Waals surface area contributed by atoms with Gasteiger partial charge in [0.25, 0.3) is 0 Å². The lowest BCUT2D eigenvalue weighted by molar-refractivity contribution is 0.772. The van der Waals surface area contributed by atoms with Crippen molar-refractivity contribution in [1.29, 1.82) is 0 Å². The zero-order chi connectivity index (χ0) is 12.4. The molecule has 18 heavy (non-hydrogen) atoms. The molecule has 0 saturated heterocycles. The highest BCUT2D eigenvalue weighted by Crippen LogP contribution is 2.31. The van der Waals surface area contributed by atoms with Gasteiger partial charge in [-0.05, 0) is 24.1 Å². The van der Waals surface area contributed by atoms with E-state index in [1.807, 2.05) is 37.1 Å². The summed E-state index contributed by atoms with van der Waals surface area (Å²) in [7, 11) is 1.99. The molecule has 2 aromatic heterocycles. The Hall–Kier alpha value is -1.65. The van der Waals surface area contributed by atoms with Gasteiger partial charge in [0.15, 0.2) is 0 Å². The predicted molar refractivity (Wildman–Crippen MR) is 75.9 cm³/mol. The first-order valence-electron chi connectivity index (χ1n) is 5.98. The number of hydrogen-bond acceptors (Lipinski definition) is 3. The van der Waals surface area contributed by atoms with Crippen LogP contribution in [0.2, 0.25) is 0 Å². The number of nitrogens with one attached hydrogen (secondary N) is 1. The van der Waals surface area contributed by atoms with Crippen LogP contribution < -0.4 is 5.32 Å². The molecule has 0 bridgehead atoms. The Morgan fingerprint density at radius 2 is 2.22 bits per heavy atom. The third-order valence-corrected chi connectivity index (χ3v) is 4.23. The summed E-state index contributed by atoms with van der Waals surface area (Å²) in [5, 5.41) is 4.61. The fourth-order valence-corrected chi connectivity index (χ4v) is 3.42. The molecule has 0 atom stereocenters. The predicted octanol–water partition coefficient (Wildman–Crippen LogP) is 2.87. The topological polar surface area (TPSA) is 29.9 Å². The van der Waals surface area contributed by atoms with E-state index in [9.17, 15) is 0 Å². The summed E-state index contributed by atoms with van der Waals surface area (Å²) >= 11 is 1.87. The molecule has 2 heterocycles. The summed E-state index contributed by atoms with van der Waals surface area (Å²) in [5.41, 5.74) is 1.41. The molecule has 0 unspecified atom stereocenters. The molecule has 0 amide bonds. The number of benzene rings is 1. The maximum Gasteiger partial charge on any atom is 0.0949 e. The van der Waals surface area contributed by atoms with Crippen LogP contribution in [0, 0.1) is 0 Å². The normalized spacial score (nSPS) is 11.2. The number of nitrogens with zero attached hydrogens (tertiary/aromatic N) is 2. The van der Waals surface area contributed by atoms with Crippen molar-refractivity contribution in [2.45, 2.75) is 13.1 Å². The number of hydrogen-bond donors (Lipinski definition) is 1. The maximum atomic E-state index is 4.11. The maximum absolute atomic E-state index is 4.11. The summed E-state index contributed by atoms with van der Waals surface area (Å²) in [6.07, 6.45) is 5.71. The van der Waals surface area contributed by atoms with E-state index in [-0.39, 0.29) is 0 Å². The van der Waals surface area contributed by atoms with Crippen LogP contribution in [0.4, 0.5) is 0 Å². The minimum absolute atomic E-state index is 0.890. The number of thiophene rings is 1. The fourth-order valence-electron chi connectivity index (χ4n) is 2.19. The second-order valence-corrected chi connectivity index (χ2v) is 5.40. The zero-order valence-electron chi connectivity index (χ0n) is 10.3. The molecule has 4 heteroatoms. The van der Waals surface area contributed by atoms with Crippen molar-refractivity contribution in [3.8, 4) is 0 Å².